The van der Waals surface area contributed by atoms with E-state index in [0.717, 1.165) is 25.9 Å². The van der Waals surface area contributed by atoms with Gasteiger partial charge in [-0.25, -0.2) is 0 Å². The van der Waals surface area contributed by atoms with Crippen LogP contribution in [-0.4, -0.2) is 23.9 Å². The molecule has 0 aromatic carbocycles. The molecule has 1 rings (SSSR count). The van der Waals surface area contributed by atoms with Gasteiger partial charge in [-0.2, -0.15) is 0 Å². The van der Waals surface area contributed by atoms with Crippen LogP contribution in [0.25, 0.3) is 0 Å². The fourth-order valence-electron chi connectivity index (χ4n) is 1.33. The summed E-state index contributed by atoms with van der Waals surface area (Å²) < 4.78 is 0. The van der Waals surface area contributed by atoms with Crippen molar-refractivity contribution in [2.75, 3.05) is 13.1 Å². The van der Waals surface area contributed by atoms with E-state index in [-0.39, 0.29) is 5.78 Å². The monoisotopic (exact) mass is 194 g/mol. The van der Waals surface area contributed by atoms with E-state index in [9.17, 15) is 4.79 Å². The zero-order valence-corrected chi connectivity index (χ0v) is 8.68. The van der Waals surface area contributed by atoms with E-state index in [2.05, 4.69) is 16.4 Å². The molecule has 1 heterocycles. The van der Waals surface area contributed by atoms with Crippen LogP contribution in [0.5, 0.6) is 0 Å². The third-order valence-electron chi connectivity index (χ3n) is 2.14. The van der Waals surface area contributed by atoms with Crippen LogP contribution in [0.15, 0.2) is 18.5 Å². The maximum atomic E-state index is 10.6. The first-order valence-electron chi connectivity index (χ1n) is 5.11. The third kappa shape index (κ3) is 4.82. The molecule has 0 aliphatic rings. The average molecular weight is 194 g/mol. The van der Waals surface area contributed by atoms with Crippen molar-refractivity contribution >= 4 is 5.78 Å². The summed E-state index contributed by atoms with van der Waals surface area (Å²) in [5.41, 5.74) is 1.32. The fraction of sp³-hybridized carbons (Fsp3) is 0.545. The van der Waals surface area contributed by atoms with E-state index in [1.165, 1.54) is 5.56 Å². The Bertz CT molecular complexity index is 254. The van der Waals surface area contributed by atoms with Crippen molar-refractivity contribution in [1.29, 1.82) is 0 Å². The lowest BCUT2D eigenvalue weighted by Crippen LogP contribution is -2.18. The number of Topliss-reactive ketones (excluding diaryl/α,β-unsaturated/α-hetero) is 1. The first-order valence-corrected chi connectivity index (χ1v) is 5.11. The number of hydrogen-bond donors (Lipinski definition) is 2. The highest BCUT2D eigenvalue weighted by atomic mass is 16.1. The van der Waals surface area contributed by atoms with Gasteiger partial charge in [0.2, 0.25) is 0 Å². The number of aromatic amines is 1. The molecule has 1 aromatic rings. The molecule has 0 atom stereocenters. The van der Waals surface area contributed by atoms with Gasteiger partial charge < -0.3 is 15.1 Å². The molecule has 0 saturated heterocycles. The van der Waals surface area contributed by atoms with Gasteiger partial charge in [-0.05, 0) is 44.5 Å². The molecular weight excluding hydrogens is 176 g/mol. The van der Waals surface area contributed by atoms with Crippen molar-refractivity contribution in [2.45, 2.75) is 26.2 Å². The minimum absolute atomic E-state index is 0.275. The maximum Gasteiger partial charge on any atom is 0.129 e. The first kappa shape index (κ1) is 11.0. The number of nitrogens with one attached hydrogen (secondary N) is 2. The Balaban J connectivity index is 1.92. The van der Waals surface area contributed by atoms with E-state index in [4.69, 9.17) is 0 Å². The first-order chi connectivity index (χ1) is 6.79. The van der Waals surface area contributed by atoms with Gasteiger partial charge in [0.1, 0.15) is 5.78 Å². The number of H-pyrrole nitrogens is 1. The van der Waals surface area contributed by atoms with Crippen molar-refractivity contribution in [1.82, 2.24) is 10.3 Å². The molecule has 0 aliphatic heterocycles. The zero-order chi connectivity index (χ0) is 10.2. The molecule has 2 N–H and O–H groups in total. The molecule has 1 aromatic heterocycles. The van der Waals surface area contributed by atoms with Gasteiger partial charge >= 0.3 is 0 Å². The average Bonchev–Trinajstić information content (AvgIpc) is 2.63. The van der Waals surface area contributed by atoms with Crippen molar-refractivity contribution < 1.29 is 4.79 Å². The summed E-state index contributed by atoms with van der Waals surface area (Å²) in [6, 6.07) is 2.08. The van der Waals surface area contributed by atoms with Crippen molar-refractivity contribution in [3.63, 3.8) is 0 Å². The normalized spacial score (nSPS) is 10.4. The summed E-state index contributed by atoms with van der Waals surface area (Å²) in [5.74, 6) is 0.275. The molecule has 0 aliphatic carbocycles. The van der Waals surface area contributed by atoms with Crippen LogP contribution in [0.3, 0.4) is 0 Å². The van der Waals surface area contributed by atoms with Crippen LogP contribution < -0.4 is 5.32 Å². The molecule has 3 nitrogen and oxygen atoms in total. The fourth-order valence-corrected chi connectivity index (χ4v) is 1.33. The largest absolute Gasteiger partial charge is 0.367 e. The van der Waals surface area contributed by atoms with Crippen LogP contribution in [0.2, 0.25) is 0 Å². The molecule has 0 unspecified atom stereocenters. The quantitative estimate of drug-likeness (QED) is 0.646. The number of aromatic nitrogens is 1. The Morgan fingerprint density at radius 2 is 2.36 bits per heavy atom. The van der Waals surface area contributed by atoms with Gasteiger partial charge in [-0.15, -0.1) is 0 Å². The van der Waals surface area contributed by atoms with Crippen molar-refractivity contribution in [3.05, 3.63) is 24.0 Å². The van der Waals surface area contributed by atoms with E-state index in [1.807, 2.05) is 12.4 Å². The number of rotatable bonds is 7. The summed E-state index contributed by atoms with van der Waals surface area (Å²) in [4.78, 5) is 13.7. The lowest BCUT2D eigenvalue weighted by atomic mass is 10.2. The highest BCUT2D eigenvalue weighted by molar-refractivity contribution is 5.75. The Labute approximate surface area is 84.9 Å². The second-order valence-corrected chi connectivity index (χ2v) is 3.52. The third-order valence-corrected chi connectivity index (χ3v) is 2.14. The number of carbonyl (C=O) groups excluding carboxylic acids is 1. The van der Waals surface area contributed by atoms with Crippen LogP contribution in [0, 0.1) is 0 Å². The van der Waals surface area contributed by atoms with Gasteiger partial charge in [0.25, 0.3) is 0 Å². The molecule has 0 spiro atoms. The van der Waals surface area contributed by atoms with Crippen LogP contribution in [-0.2, 0) is 11.2 Å². The molecule has 0 radical (unpaired) electrons. The number of carbonyl (C=O) groups is 1. The summed E-state index contributed by atoms with van der Waals surface area (Å²) in [6.07, 6.45) is 6.63. The Kier molecular flexibility index (Phi) is 5.00. The topological polar surface area (TPSA) is 44.9 Å². The molecule has 0 saturated carbocycles. The Hall–Kier alpha value is -1.09. The van der Waals surface area contributed by atoms with Gasteiger partial charge in [0, 0.05) is 18.8 Å². The Morgan fingerprint density at radius 3 is 3.00 bits per heavy atom. The van der Waals surface area contributed by atoms with Gasteiger partial charge in [0.15, 0.2) is 0 Å². The minimum Gasteiger partial charge on any atom is -0.367 e. The second-order valence-electron chi connectivity index (χ2n) is 3.52. The van der Waals surface area contributed by atoms with Crippen molar-refractivity contribution in [3.8, 4) is 0 Å². The predicted molar refractivity (Wildman–Crippen MR) is 57.3 cm³/mol. The summed E-state index contributed by atoms with van der Waals surface area (Å²) in [5, 5.41) is 3.31. The van der Waals surface area contributed by atoms with E-state index >= 15 is 0 Å². The molecule has 14 heavy (non-hydrogen) atoms. The molecule has 0 amide bonds. The maximum absolute atomic E-state index is 10.6. The summed E-state index contributed by atoms with van der Waals surface area (Å²) in [6.45, 7) is 3.56. The summed E-state index contributed by atoms with van der Waals surface area (Å²) >= 11 is 0. The van der Waals surface area contributed by atoms with E-state index < -0.39 is 0 Å². The van der Waals surface area contributed by atoms with Gasteiger partial charge in [-0.3, -0.25) is 0 Å². The standard InChI is InChI=1S/C11H18N2O/c1-10(14)3-2-6-12-7-4-11-5-8-13-9-11/h5,8-9,12-13H,2-4,6-7H2,1H3. The van der Waals surface area contributed by atoms with Gasteiger partial charge in [0.05, 0.1) is 0 Å². The SMILES string of the molecule is CC(=O)CCCNCCc1cc[nH]c1. The highest BCUT2D eigenvalue weighted by Gasteiger charge is 1.94. The van der Waals surface area contributed by atoms with Crippen LogP contribution in [0.1, 0.15) is 25.3 Å². The van der Waals surface area contributed by atoms with Gasteiger partial charge in [-0.1, -0.05) is 0 Å². The summed E-state index contributed by atoms with van der Waals surface area (Å²) in [7, 11) is 0. The zero-order valence-electron chi connectivity index (χ0n) is 8.68. The highest BCUT2D eigenvalue weighted by Crippen LogP contribution is 1.96. The lowest BCUT2D eigenvalue weighted by Gasteiger charge is -2.02. The smallest absolute Gasteiger partial charge is 0.129 e. The molecule has 78 valence electrons. The lowest BCUT2D eigenvalue weighted by molar-refractivity contribution is -0.117. The molecule has 0 fully saturated rings. The predicted octanol–water partition coefficient (Wildman–Crippen LogP) is 1.52. The number of ketones is 1. The molecule has 0 bridgehead atoms. The second kappa shape index (κ2) is 6.38. The Morgan fingerprint density at radius 1 is 1.50 bits per heavy atom. The van der Waals surface area contributed by atoms with E-state index in [0.29, 0.717) is 6.42 Å². The van der Waals surface area contributed by atoms with Crippen LogP contribution >= 0.6 is 0 Å². The molecule has 3 heteroatoms. The van der Waals surface area contributed by atoms with Crippen molar-refractivity contribution in [2.24, 2.45) is 0 Å². The minimum atomic E-state index is 0.275. The molecular formula is C11H18N2O. The number of hydrogen-bond acceptors (Lipinski definition) is 2. The van der Waals surface area contributed by atoms with E-state index in [1.54, 1.807) is 6.92 Å². The van der Waals surface area contributed by atoms with Crippen LogP contribution in [0.4, 0.5) is 0 Å².